The summed E-state index contributed by atoms with van der Waals surface area (Å²) in [5.41, 5.74) is 3.06. The van der Waals surface area contributed by atoms with Crippen LogP contribution < -0.4 is 19.7 Å². The number of amides is 2. The summed E-state index contributed by atoms with van der Waals surface area (Å²) in [6.45, 7) is 4.73. The fourth-order valence-electron chi connectivity index (χ4n) is 3.53. The number of methoxy groups -OCH3 is 2. The average molecular weight is 454 g/mol. The summed E-state index contributed by atoms with van der Waals surface area (Å²) in [4.78, 5) is 21.5. The number of nitrogens with one attached hydrogen (secondary N) is 1. The summed E-state index contributed by atoms with van der Waals surface area (Å²) >= 11 is 1.42. The number of piperazine rings is 1. The first-order valence-electron chi connectivity index (χ1n) is 10.5. The van der Waals surface area contributed by atoms with E-state index in [0.29, 0.717) is 43.4 Å². The number of benzene rings is 2. The second-order valence-corrected chi connectivity index (χ2v) is 8.36. The molecule has 0 spiro atoms. The van der Waals surface area contributed by atoms with Crippen LogP contribution >= 0.6 is 11.5 Å². The molecule has 1 aliphatic heterocycles. The molecule has 0 radical (unpaired) electrons. The Morgan fingerprint density at radius 1 is 1.06 bits per heavy atom. The normalized spacial score (nSPS) is 13.7. The first kappa shape index (κ1) is 21.9. The second kappa shape index (κ2) is 9.86. The standard InChI is InChI=1S/C23H27N5O3S/c1-16-4-6-17(7-5-16)14-21-25-23(32-26-21)28-12-10-27(11-13-28)22(29)24-19-9-8-18(30-2)15-20(19)31-3/h4-9,15H,10-14H2,1-3H3,(H,24,29). The van der Waals surface area contributed by atoms with Crippen molar-refractivity contribution in [3.05, 3.63) is 59.4 Å². The summed E-state index contributed by atoms with van der Waals surface area (Å²) in [5, 5.41) is 3.84. The molecule has 1 aliphatic rings. The monoisotopic (exact) mass is 453 g/mol. The maximum Gasteiger partial charge on any atom is 0.322 e. The summed E-state index contributed by atoms with van der Waals surface area (Å²) in [5.74, 6) is 2.07. The van der Waals surface area contributed by atoms with Crippen LogP contribution in [0.3, 0.4) is 0 Å². The van der Waals surface area contributed by atoms with Crippen LogP contribution in [-0.4, -0.2) is 60.7 Å². The van der Waals surface area contributed by atoms with Crippen LogP contribution in [0.1, 0.15) is 17.0 Å². The van der Waals surface area contributed by atoms with Gasteiger partial charge in [0.15, 0.2) is 0 Å². The topological polar surface area (TPSA) is 79.8 Å². The van der Waals surface area contributed by atoms with E-state index in [9.17, 15) is 4.79 Å². The Hall–Kier alpha value is -3.33. The van der Waals surface area contributed by atoms with E-state index >= 15 is 0 Å². The lowest BCUT2D eigenvalue weighted by Gasteiger charge is -2.34. The van der Waals surface area contributed by atoms with Crippen LogP contribution in [0.5, 0.6) is 11.5 Å². The molecule has 0 saturated carbocycles. The number of anilines is 2. The third-order valence-electron chi connectivity index (χ3n) is 5.43. The van der Waals surface area contributed by atoms with Crippen LogP contribution in [0.25, 0.3) is 0 Å². The van der Waals surface area contributed by atoms with Crippen LogP contribution in [0.4, 0.5) is 15.6 Å². The first-order valence-corrected chi connectivity index (χ1v) is 11.2. The Labute approximate surface area is 192 Å². The van der Waals surface area contributed by atoms with Gasteiger partial charge in [-0.3, -0.25) is 0 Å². The zero-order valence-corrected chi connectivity index (χ0v) is 19.3. The minimum absolute atomic E-state index is 0.148. The molecule has 4 rings (SSSR count). The summed E-state index contributed by atoms with van der Waals surface area (Å²) < 4.78 is 15.1. The molecule has 8 nitrogen and oxygen atoms in total. The highest BCUT2D eigenvalue weighted by Crippen LogP contribution is 2.29. The fraction of sp³-hybridized carbons (Fsp3) is 0.348. The van der Waals surface area contributed by atoms with Crippen LogP contribution in [0, 0.1) is 6.92 Å². The molecule has 9 heteroatoms. The molecular weight excluding hydrogens is 426 g/mol. The highest BCUT2D eigenvalue weighted by Gasteiger charge is 2.24. The minimum Gasteiger partial charge on any atom is -0.497 e. The number of aryl methyl sites for hydroxylation is 1. The highest BCUT2D eigenvalue weighted by molar-refractivity contribution is 7.09. The van der Waals surface area contributed by atoms with Crippen molar-refractivity contribution >= 4 is 28.4 Å². The molecule has 0 bridgehead atoms. The van der Waals surface area contributed by atoms with Crippen molar-refractivity contribution in [1.29, 1.82) is 0 Å². The van der Waals surface area contributed by atoms with Gasteiger partial charge >= 0.3 is 6.03 Å². The quantitative estimate of drug-likeness (QED) is 0.611. The van der Waals surface area contributed by atoms with E-state index in [4.69, 9.17) is 14.5 Å². The molecular formula is C23H27N5O3S. The molecule has 3 aromatic rings. The van der Waals surface area contributed by atoms with Gasteiger partial charge in [-0.25, -0.2) is 9.78 Å². The minimum atomic E-state index is -0.148. The number of aromatic nitrogens is 2. The Morgan fingerprint density at radius 3 is 2.50 bits per heavy atom. The Balaban J connectivity index is 1.32. The number of carbonyl (C=O) groups is 1. The van der Waals surface area contributed by atoms with Crippen LogP contribution in [-0.2, 0) is 6.42 Å². The van der Waals surface area contributed by atoms with Gasteiger partial charge < -0.3 is 24.6 Å². The second-order valence-electron chi connectivity index (χ2n) is 7.63. The third kappa shape index (κ3) is 5.11. The van der Waals surface area contributed by atoms with Crippen molar-refractivity contribution in [2.45, 2.75) is 13.3 Å². The largest absolute Gasteiger partial charge is 0.497 e. The number of hydrogen-bond acceptors (Lipinski definition) is 7. The first-order chi connectivity index (χ1) is 15.6. The van der Waals surface area contributed by atoms with Gasteiger partial charge in [-0.2, -0.15) is 4.37 Å². The number of carbonyl (C=O) groups excluding carboxylic acids is 1. The Morgan fingerprint density at radius 2 is 1.81 bits per heavy atom. The summed E-state index contributed by atoms with van der Waals surface area (Å²) in [7, 11) is 3.16. The predicted molar refractivity (Wildman–Crippen MR) is 126 cm³/mol. The van der Waals surface area contributed by atoms with Crippen LogP contribution in [0.2, 0.25) is 0 Å². The number of urea groups is 1. The maximum atomic E-state index is 12.7. The van der Waals surface area contributed by atoms with Gasteiger partial charge in [-0.1, -0.05) is 29.8 Å². The molecule has 0 atom stereocenters. The van der Waals surface area contributed by atoms with Gasteiger partial charge in [0.2, 0.25) is 5.13 Å². The predicted octanol–water partition coefficient (Wildman–Crippen LogP) is 3.81. The molecule has 1 N–H and O–H groups in total. The molecule has 0 unspecified atom stereocenters. The third-order valence-corrected chi connectivity index (χ3v) is 6.24. The van der Waals surface area contributed by atoms with Crippen LogP contribution in [0.15, 0.2) is 42.5 Å². The van der Waals surface area contributed by atoms with Crippen molar-refractivity contribution in [3.8, 4) is 11.5 Å². The lowest BCUT2D eigenvalue weighted by Crippen LogP contribution is -2.50. The molecule has 0 aliphatic carbocycles. The molecule has 32 heavy (non-hydrogen) atoms. The average Bonchev–Trinajstić information content (AvgIpc) is 3.29. The van der Waals surface area contributed by atoms with E-state index in [-0.39, 0.29) is 6.03 Å². The van der Waals surface area contributed by atoms with Gasteiger partial charge in [0, 0.05) is 50.2 Å². The molecule has 168 valence electrons. The molecule has 1 saturated heterocycles. The number of ether oxygens (including phenoxy) is 2. The van der Waals surface area contributed by atoms with Crippen molar-refractivity contribution in [3.63, 3.8) is 0 Å². The van der Waals surface area contributed by atoms with Crippen molar-refractivity contribution in [2.75, 3.05) is 50.6 Å². The van der Waals surface area contributed by atoms with E-state index in [1.807, 2.05) is 0 Å². The highest BCUT2D eigenvalue weighted by atomic mass is 32.1. The zero-order chi connectivity index (χ0) is 22.5. The van der Waals surface area contributed by atoms with Gasteiger partial charge in [0.25, 0.3) is 0 Å². The van der Waals surface area contributed by atoms with Gasteiger partial charge in [-0.15, -0.1) is 0 Å². The molecule has 2 heterocycles. The van der Waals surface area contributed by atoms with Crippen molar-refractivity contribution < 1.29 is 14.3 Å². The lowest BCUT2D eigenvalue weighted by atomic mass is 10.1. The summed E-state index contributed by atoms with van der Waals surface area (Å²) in [6, 6.07) is 13.6. The van der Waals surface area contributed by atoms with Crippen molar-refractivity contribution in [1.82, 2.24) is 14.3 Å². The van der Waals surface area contributed by atoms with E-state index in [1.165, 1.54) is 22.7 Å². The zero-order valence-electron chi connectivity index (χ0n) is 18.5. The van der Waals surface area contributed by atoms with E-state index in [2.05, 4.69) is 45.8 Å². The van der Waals surface area contributed by atoms with Gasteiger partial charge in [0.05, 0.1) is 19.9 Å². The molecule has 2 amide bonds. The van der Waals surface area contributed by atoms with Gasteiger partial charge in [0.1, 0.15) is 17.3 Å². The number of nitrogens with zero attached hydrogens (tertiary/aromatic N) is 4. The van der Waals surface area contributed by atoms with E-state index in [0.717, 1.165) is 17.4 Å². The van der Waals surface area contributed by atoms with Gasteiger partial charge in [-0.05, 0) is 24.6 Å². The van der Waals surface area contributed by atoms with E-state index in [1.54, 1.807) is 37.3 Å². The molecule has 2 aromatic carbocycles. The molecule has 1 fully saturated rings. The molecule has 1 aromatic heterocycles. The Bertz CT molecular complexity index is 1060. The maximum absolute atomic E-state index is 12.7. The number of rotatable bonds is 6. The Kier molecular flexibility index (Phi) is 6.75. The smallest absolute Gasteiger partial charge is 0.322 e. The lowest BCUT2D eigenvalue weighted by molar-refractivity contribution is 0.208. The van der Waals surface area contributed by atoms with E-state index < -0.39 is 0 Å². The van der Waals surface area contributed by atoms with Crippen molar-refractivity contribution in [2.24, 2.45) is 0 Å². The SMILES string of the molecule is COc1ccc(NC(=O)N2CCN(c3nc(Cc4ccc(C)cc4)ns3)CC2)c(OC)c1. The summed E-state index contributed by atoms with van der Waals surface area (Å²) in [6.07, 6.45) is 0.725. The number of hydrogen-bond donors (Lipinski definition) is 1. The fourth-order valence-corrected chi connectivity index (χ4v) is 4.27.